The van der Waals surface area contributed by atoms with E-state index in [4.69, 9.17) is 0 Å². The van der Waals surface area contributed by atoms with Crippen molar-refractivity contribution in [3.05, 3.63) is 83.4 Å². The third kappa shape index (κ3) is 5.14. The van der Waals surface area contributed by atoms with Crippen molar-refractivity contribution in [1.82, 2.24) is 9.97 Å². The maximum atomic E-state index is 12.4. The predicted octanol–water partition coefficient (Wildman–Crippen LogP) is 4.02. The summed E-state index contributed by atoms with van der Waals surface area (Å²) in [6, 6.07) is 13.7. The summed E-state index contributed by atoms with van der Waals surface area (Å²) < 4.78 is 0. The maximum Gasteiger partial charge on any atom is 0.274 e. The topological polar surface area (TPSA) is 58.1 Å². The lowest BCUT2D eigenvalue weighted by Crippen LogP contribution is -2.21. The fraction of sp³-hybridized carbons (Fsp3) is 0.227. The van der Waals surface area contributed by atoms with Gasteiger partial charge in [-0.3, -0.25) is 9.78 Å². The average molecular weight is 360 g/mol. The van der Waals surface area contributed by atoms with Crippen molar-refractivity contribution in [1.29, 1.82) is 0 Å². The van der Waals surface area contributed by atoms with E-state index in [2.05, 4.69) is 26.3 Å². The van der Waals surface area contributed by atoms with Crippen LogP contribution in [-0.2, 0) is 6.42 Å². The highest BCUT2D eigenvalue weighted by atomic mass is 16.1. The molecule has 0 unspecified atom stereocenters. The molecule has 0 aliphatic carbocycles. The Kier molecular flexibility index (Phi) is 5.81. The summed E-state index contributed by atoms with van der Waals surface area (Å²) in [6.07, 6.45) is 6.27. The Labute approximate surface area is 160 Å². The third-order valence-corrected chi connectivity index (χ3v) is 4.39. The standard InChI is InChI=1S/C22H24N4O/c1-16-12-17(2)14-19(13-16)25-22(27)21-5-4-20(15-24-21)26(3)11-8-18-6-9-23-10-7-18/h4-7,9-10,12-15H,8,11H2,1-3H3,(H,25,27). The second-order valence-electron chi connectivity index (χ2n) is 6.76. The maximum absolute atomic E-state index is 12.4. The summed E-state index contributed by atoms with van der Waals surface area (Å²) in [5.74, 6) is -0.203. The van der Waals surface area contributed by atoms with Crippen LogP contribution < -0.4 is 10.2 Å². The molecule has 3 rings (SSSR count). The molecule has 5 heteroatoms. The molecule has 0 aliphatic rings. The van der Waals surface area contributed by atoms with Gasteiger partial charge in [-0.15, -0.1) is 0 Å². The number of hydrogen-bond donors (Lipinski definition) is 1. The number of rotatable bonds is 6. The molecule has 2 heterocycles. The van der Waals surface area contributed by atoms with E-state index >= 15 is 0 Å². The van der Waals surface area contributed by atoms with Gasteiger partial charge in [-0.2, -0.15) is 0 Å². The minimum absolute atomic E-state index is 0.203. The Bertz CT molecular complexity index is 887. The molecule has 1 N–H and O–H groups in total. The fourth-order valence-electron chi connectivity index (χ4n) is 2.96. The van der Waals surface area contributed by atoms with Gasteiger partial charge in [-0.05, 0) is 73.4 Å². The van der Waals surface area contributed by atoms with E-state index in [1.807, 2.05) is 51.2 Å². The van der Waals surface area contributed by atoms with E-state index in [-0.39, 0.29) is 5.91 Å². The number of nitrogens with zero attached hydrogens (tertiary/aromatic N) is 3. The van der Waals surface area contributed by atoms with Crippen LogP contribution in [0.3, 0.4) is 0 Å². The first-order chi connectivity index (χ1) is 13.0. The van der Waals surface area contributed by atoms with E-state index in [9.17, 15) is 4.79 Å². The smallest absolute Gasteiger partial charge is 0.274 e. The van der Waals surface area contributed by atoms with Crippen molar-refractivity contribution in [3.8, 4) is 0 Å². The number of pyridine rings is 2. The summed E-state index contributed by atoms with van der Waals surface area (Å²) >= 11 is 0. The Balaban J connectivity index is 1.61. The van der Waals surface area contributed by atoms with Crippen LogP contribution in [-0.4, -0.2) is 29.5 Å². The molecular weight excluding hydrogens is 336 g/mol. The number of likely N-dealkylation sites (N-methyl/N-ethyl adjacent to an activating group) is 1. The van der Waals surface area contributed by atoms with E-state index in [0.29, 0.717) is 5.69 Å². The lowest BCUT2D eigenvalue weighted by Gasteiger charge is -2.19. The Morgan fingerprint density at radius 1 is 1.04 bits per heavy atom. The summed E-state index contributed by atoms with van der Waals surface area (Å²) in [6.45, 7) is 4.88. The van der Waals surface area contributed by atoms with Gasteiger partial charge in [-0.25, -0.2) is 4.98 Å². The first kappa shape index (κ1) is 18.6. The molecule has 0 saturated carbocycles. The largest absolute Gasteiger partial charge is 0.373 e. The van der Waals surface area contributed by atoms with Gasteiger partial charge in [0.15, 0.2) is 0 Å². The summed E-state index contributed by atoms with van der Waals surface area (Å²) in [7, 11) is 2.02. The van der Waals surface area contributed by atoms with Crippen LogP contribution in [0.4, 0.5) is 11.4 Å². The van der Waals surface area contributed by atoms with Crippen molar-refractivity contribution in [2.75, 3.05) is 23.8 Å². The van der Waals surface area contributed by atoms with E-state index in [1.165, 1.54) is 5.56 Å². The van der Waals surface area contributed by atoms with Crippen LogP contribution in [0.2, 0.25) is 0 Å². The molecule has 0 radical (unpaired) electrons. The molecule has 138 valence electrons. The molecule has 1 aromatic carbocycles. The molecule has 1 amide bonds. The number of amides is 1. The first-order valence-electron chi connectivity index (χ1n) is 8.97. The minimum atomic E-state index is -0.203. The number of anilines is 2. The predicted molar refractivity (Wildman–Crippen MR) is 109 cm³/mol. The molecule has 27 heavy (non-hydrogen) atoms. The fourth-order valence-corrected chi connectivity index (χ4v) is 2.96. The van der Waals surface area contributed by atoms with Gasteiger partial charge in [0.25, 0.3) is 5.91 Å². The van der Waals surface area contributed by atoms with E-state index < -0.39 is 0 Å². The molecule has 0 bridgehead atoms. The van der Waals surface area contributed by atoms with Crippen LogP contribution in [0.15, 0.2) is 61.1 Å². The van der Waals surface area contributed by atoms with Gasteiger partial charge in [0, 0.05) is 31.7 Å². The van der Waals surface area contributed by atoms with E-state index in [0.717, 1.165) is 35.5 Å². The quantitative estimate of drug-likeness (QED) is 0.721. The third-order valence-electron chi connectivity index (χ3n) is 4.39. The number of benzene rings is 1. The summed E-state index contributed by atoms with van der Waals surface area (Å²) in [4.78, 5) is 22.9. The normalized spacial score (nSPS) is 10.5. The monoisotopic (exact) mass is 360 g/mol. The van der Waals surface area contributed by atoms with Crippen LogP contribution in [0, 0.1) is 13.8 Å². The molecule has 0 spiro atoms. The van der Waals surface area contributed by atoms with Gasteiger partial charge >= 0.3 is 0 Å². The van der Waals surface area contributed by atoms with Crippen molar-refractivity contribution >= 4 is 17.3 Å². The zero-order chi connectivity index (χ0) is 19.2. The number of carbonyl (C=O) groups excluding carboxylic acids is 1. The highest BCUT2D eigenvalue weighted by molar-refractivity contribution is 6.03. The summed E-state index contributed by atoms with van der Waals surface area (Å²) in [5.41, 5.74) is 5.65. The summed E-state index contributed by atoms with van der Waals surface area (Å²) in [5, 5.41) is 2.91. The van der Waals surface area contributed by atoms with Crippen LogP contribution in [0.5, 0.6) is 0 Å². The Morgan fingerprint density at radius 2 is 1.74 bits per heavy atom. The number of hydrogen-bond acceptors (Lipinski definition) is 4. The number of nitrogens with one attached hydrogen (secondary N) is 1. The van der Waals surface area contributed by atoms with E-state index in [1.54, 1.807) is 24.7 Å². The Hall–Kier alpha value is -3.21. The zero-order valence-corrected chi connectivity index (χ0v) is 15.9. The average Bonchev–Trinajstić information content (AvgIpc) is 2.66. The molecule has 5 nitrogen and oxygen atoms in total. The number of aromatic nitrogens is 2. The van der Waals surface area contributed by atoms with Crippen molar-refractivity contribution in [3.63, 3.8) is 0 Å². The highest BCUT2D eigenvalue weighted by Crippen LogP contribution is 2.16. The number of aryl methyl sites for hydroxylation is 2. The van der Waals surface area contributed by atoms with Crippen molar-refractivity contribution in [2.24, 2.45) is 0 Å². The van der Waals surface area contributed by atoms with Crippen LogP contribution in [0.1, 0.15) is 27.2 Å². The highest BCUT2D eigenvalue weighted by Gasteiger charge is 2.09. The molecule has 0 aliphatic heterocycles. The van der Waals surface area contributed by atoms with Crippen molar-refractivity contribution in [2.45, 2.75) is 20.3 Å². The number of carbonyl (C=O) groups is 1. The molecular formula is C22H24N4O. The molecule has 3 aromatic rings. The Morgan fingerprint density at radius 3 is 2.37 bits per heavy atom. The lowest BCUT2D eigenvalue weighted by molar-refractivity contribution is 0.102. The second kappa shape index (κ2) is 8.45. The van der Waals surface area contributed by atoms with Gasteiger partial charge < -0.3 is 10.2 Å². The first-order valence-corrected chi connectivity index (χ1v) is 8.97. The van der Waals surface area contributed by atoms with Crippen molar-refractivity contribution < 1.29 is 4.79 Å². The lowest BCUT2D eigenvalue weighted by atomic mass is 10.1. The van der Waals surface area contributed by atoms with Gasteiger partial charge in [0.2, 0.25) is 0 Å². The minimum Gasteiger partial charge on any atom is -0.373 e. The molecule has 0 fully saturated rings. The van der Waals surface area contributed by atoms with Gasteiger partial charge in [0.05, 0.1) is 11.9 Å². The van der Waals surface area contributed by atoms with Crippen LogP contribution >= 0.6 is 0 Å². The molecule has 2 aromatic heterocycles. The van der Waals surface area contributed by atoms with Gasteiger partial charge in [0.1, 0.15) is 5.69 Å². The zero-order valence-electron chi connectivity index (χ0n) is 15.9. The van der Waals surface area contributed by atoms with Gasteiger partial charge in [-0.1, -0.05) is 6.07 Å². The SMILES string of the molecule is Cc1cc(C)cc(NC(=O)c2ccc(N(C)CCc3ccncc3)cn2)c1. The molecule has 0 atom stereocenters. The van der Waals surface area contributed by atoms with Crippen LogP contribution in [0.25, 0.3) is 0 Å². The second-order valence-corrected chi connectivity index (χ2v) is 6.76. The molecule has 0 saturated heterocycles.